The average molecular weight is 274 g/mol. The standard InChI is InChI=1S/C14H18N4O2/c1-3-10(4-2)8-15-14-12-7-11(18(19)20)5-6-13(12)16-9-17-14/h5-7,9-10H,3-4,8H2,1-2H3,(H,15,16,17). The van der Waals surface area contributed by atoms with E-state index in [1.807, 2.05) is 0 Å². The molecule has 6 nitrogen and oxygen atoms in total. The first-order valence-electron chi connectivity index (χ1n) is 6.78. The van der Waals surface area contributed by atoms with Gasteiger partial charge in [0.05, 0.1) is 10.4 Å². The van der Waals surface area contributed by atoms with E-state index in [1.165, 1.54) is 18.5 Å². The third kappa shape index (κ3) is 3.01. The van der Waals surface area contributed by atoms with Crippen molar-refractivity contribution in [1.82, 2.24) is 9.97 Å². The summed E-state index contributed by atoms with van der Waals surface area (Å²) in [4.78, 5) is 18.8. The van der Waals surface area contributed by atoms with E-state index in [0.717, 1.165) is 19.4 Å². The van der Waals surface area contributed by atoms with E-state index in [-0.39, 0.29) is 5.69 Å². The number of aromatic nitrogens is 2. The van der Waals surface area contributed by atoms with Crippen molar-refractivity contribution < 1.29 is 4.92 Å². The molecule has 0 unspecified atom stereocenters. The highest BCUT2D eigenvalue weighted by Crippen LogP contribution is 2.24. The minimum atomic E-state index is -0.406. The number of rotatable bonds is 6. The molecule has 1 N–H and O–H groups in total. The van der Waals surface area contributed by atoms with Gasteiger partial charge in [-0.1, -0.05) is 26.7 Å². The second-order valence-corrected chi connectivity index (χ2v) is 4.74. The Labute approximate surface area is 117 Å². The lowest BCUT2D eigenvalue weighted by molar-refractivity contribution is -0.384. The molecule has 0 aliphatic carbocycles. The normalized spacial score (nSPS) is 10.9. The molecule has 0 saturated carbocycles. The number of hydrogen-bond donors (Lipinski definition) is 1. The van der Waals surface area contributed by atoms with Gasteiger partial charge >= 0.3 is 0 Å². The molecule has 1 aromatic carbocycles. The van der Waals surface area contributed by atoms with Crippen LogP contribution in [0.5, 0.6) is 0 Å². The fourth-order valence-corrected chi connectivity index (χ4v) is 2.12. The van der Waals surface area contributed by atoms with Crippen molar-refractivity contribution in [3.63, 3.8) is 0 Å². The molecule has 0 fully saturated rings. The van der Waals surface area contributed by atoms with Crippen LogP contribution >= 0.6 is 0 Å². The Morgan fingerprint density at radius 2 is 2.05 bits per heavy atom. The number of nitro benzene ring substituents is 1. The largest absolute Gasteiger partial charge is 0.369 e. The summed E-state index contributed by atoms with van der Waals surface area (Å²) in [5, 5.41) is 14.8. The maximum atomic E-state index is 10.9. The smallest absolute Gasteiger partial charge is 0.270 e. The summed E-state index contributed by atoms with van der Waals surface area (Å²) in [5.74, 6) is 1.23. The maximum absolute atomic E-state index is 10.9. The zero-order chi connectivity index (χ0) is 14.5. The molecule has 1 aromatic heterocycles. The molecule has 2 aromatic rings. The van der Waals surface area contributed by atoms with E-state index >= 15 is 0 Å². The van der Waals surface area contributed by atoms with Gasteiger partial charge < -0.3 is 5.32 Å². The van der Waals surface area contributed by atoms with E-state index in [2.05, 4.69) is 29.1 Å². The topological polar surface area (TPSA) is 81.0 Å². The van der Waals surface area contributed by atoms with Crippen molar-refractivity contribution in [2.45, 2.75) is 26.7 Å². The third-order valence-electron chi connectivity index (χ3n) is 3.54. The van der Waals surface area contributed by atoms with Gasteiger partial charge in [0, 0.05) is 24.1 Å². The lowest BCUT2D eigenvalue weighted by atomic mass is 10.0. The quantitative estimate of drug-likeness (QED) is 0.645. The highest BCUT2D eigenvalue weighted by atomic mass is 16.6. The Morgan fingerprint density at radius 3 is 2.70 bits per heavy atom. The van der Waals surface area contributed by atoms with Crippen LogP contribution in [0, 0.1) is 16.0 Å². The molecule has 0 amide bonds. The van der Waals surface area contributed by atoms with Crippen LogP contribution in [0.3, 0.4) is 0 Å². The second kappa shape index (κ2) is 6.27. The molecule has 0 radical (unpaired) electrons. The van der Waals surface area contributed by atoms with Gasteiger partial charge in [0.2, 0.25) is 0 Å². The molecular formula is C14H18N4O2. The Kier molecular flexibility index (Phi) is 4.45. The van der Waals surface area contributed by atoms with Crippen molar-refractivity contribution in [2.75, 3.05) is 11.9 Å². The molecule has 106 valence electrons. The molecule has 0 saturated heterocycles. The number of nitro groups is 1. The second-order valence-electron chi connectivity index (χ2n) is 4.74. The van der Waals surface area contributed by atoms with Crippen LogP contribution < -0.4 is 5.32 Å². The number of nitrogens with zero attached hydrogens (tertiary/aromatic N) is 3. The number of nitrogens with one attached hydrogen (secondary N) is 1. The lowest BCUT2D eigenvalue weighted by Gasteiger charge is -2.14. The van der Waals surface area contributed by atoms with Crippen LogP contribution in [-0.4, -0.2) is 21.4 Å². The van der Waals surface area contributed by atoms with Crippen LogP contribution in [0.15, 0.2) is 24.5 Å². The third-order valence-corrected chi connectivity index (χ3v) is 3.54. The first-order chi connectivity index (χ1) is 9.65. The van der Waals surface area contributed by atoms with E-state index in [4.69, 9.17) is 0 Å². The van der Waals surface area contributed by atoms with E-state index in [1.54, 1.807) is 6.07 Å². The highest BCUT2D eigenvalue weighted by molar-refractivity contribution is 5.90. The SMILES string of the molecule is CCC(CC)CNc1ncnc2ccc([N+](=O)[O-])cc12. The van der Waals surface area contributed by atoms with Crippen LogP contribution in [0.2, 0.25) is 0 Å². The summed E-state index contributed by atoms with van der Waals surface area (Å²) >= 11 is 0. The summed E-state index contributed by atoms with van der Waals surface area (Å²) in [5.41, 5.74) is 0.760. The molecule has 0 bridgehead atoms. The Balaban J connectivity index is 2.32. The van der Waals surface area contributed by atoms with E-state index in [0.29, 0.717) is 22.6 Å². The van der Waals surface area contributed by atoms with Gasteiger partial charge in [-0.15, -0.1) is 0 Å². The number of fused-ring (bicyclic) bond motifs is 1. The number of benzene rings is 1. The summed E-state index contributed by atoms with van der Waals surface area (Å²) in [6.45, 7) is 5.11. The van der Waals surface area contributed by atoms with Gasteiger partial charge in [-0.2, -0.15) is 0 Å². The molecule has 6 heteroatoms. The Hall–Kier alpha value is -2.24. The minimum absolute atomic E-state index is 0.0536. The van der Waals surface area contributed by atoms with Crippen LogP contribution in [-0.2, 0) is 0 Å². The van der Waals surface area contributed by atoms with E-state index < -0.39 is 4.92 Å². The number of anilines is 1. The summed E-state index contributed by atoms with van der Waals surface area (Å²) < 4.78 is 0. The zero-order valence-corrected chi connectivity index (χ0v) is 11.7. The summed E-state index contributed by atoms with van der Waals surface area (Å²) in [7, 11) is 0. The van der Waals surface area contributed by atoms with Gasteiger partial charge in [0.15, 0.2) is 0 Å². The fraction of sp³-hybridized carbons (Fsp3) is 0.429. The van der Waals surface area contributed by atoms with Gasteiger partial charge in [-0.25, -0.2) is 9.97 Å². The molecule has 1 heterocycles. The minimum Gasteiger partial charge on any atom is -0.369 e. The fourth-order valence-electron chi connectivity index (χ4n) is 2.12. The van der Waals surface area contributed by atoms with Crippen molar-refractivity contribution in [3.8, 4) is 0 Å². The predicted octanol–water partition coefficient (Wildman–Crippen LogP) is 3.39. The van der Waals surface area contributed by atoms with Crippen molar-refractivity contribution in [2.24, 2.45) is 5.92 Å². The van der Waals surface area contributed by atoms with Gasteiger partial charge in [-0.05, 0) is 12.0 Å². The van der Waals surface area contributed by atoms with Gasteiger partial charge in [0.1, 0.15) is 12.1 Å². The predicted molar refractivity (Wildman–Crippen MR) is 78.8 cm³/mol. The maximum Gasteiger partial charge on any atom is 0.270 e. The monoisotopic (exact) mass is 274 g/mol. The first kappa shape index (κ1) is 14.2. The summed E-state index contributed by atoms with van der Waals surface area (Å²) in [6, 6.07) is 4.63. The Bertz CT molecular complexity index is 611. The number of hydrogen-bond acceptors (Lipinski definition) is 5. The van der Waals surface area contributed by atoms with Crippen molar-refractivity contribution >= 4 is 22.4 Å². The van der Waals surface area contributed by atoms with Crippen LogP contribution in [0.4, 0.5) is 11.5 Å². The first-order valence-corrected chi connectivity index (χ1v) is 6.78. The average Bonchev–Trinajstić information content (AvgIpc) is 2.47. The zero-order valence-electron chi connectivity index (χ0n) is 11.7. The molecular weight excluding hydrogens is 256 g/mol. The molecule has 0 aliphatic heterocycles. The molecule has 0 spiro atoms. The van der Waals surface area contributed by atoms with Gasteiger partial charge in [0.25, 0.3) is 5.69 Å². The summed E-state index contributed by atoms with van der Waals surface area (Å²) in [6.07, 6.45) is 3.66. The molecule has 20 heavy (non-hydrogen) atoms. The van der Waals surface area contributed by atoms with E-state index in [9.17, 15) is 10.1 Å². The molecule has 0 atom stereocenters. The lowest BCUT2D eigenvalue weighted by Crippen LogP contribution is -2.13. The van der Waals surface area contributed by atoms with Crippen LogP contribution in [0.25, 0.3) is 10.9 Å². The van der Waals surface area contributed by atoms with Gasteiger partial charge in [-0.3, -0.25) is 10.1 Å². The number of non-ortho nitro benzene ring substituents is 1. The van der Waals surface area contributed by atoms with Crippen molar-refractivity contribution in [1.29, 1.82) is 0 Å². The highest BCUT2D eigenvalue weighted by Gasteiger charge is 2.11. The van der Waals surface area contributed by atoms with Crippen molar-refractivity contribution in [3.05, 3.63) is 34.6 Å². The molecule has 0 aliphatic rings. The Morgan fingerprint density at radius 1 is 1.30 bits per heavy atom. The van der Waals surface area contributed by atoms with Crippen LogP contribution in [0.1, 0.15) is 26.7 Å². The molecule has 2 rings (SSSR count).